The summed E-state index contributed by atoms with van der Waals surface area (Å²) >= 11 is 0. The van der Waals surface area contributed by atoms with Gasteiger partial charge in [-0.05, 0) is 11.3 Å². The third kappa shape index (κ3) is 2.61. The van der Waals surface area contributed by atoms with Gasteiger partial charge in [0.2, 0.25) is 0 Å². The molecule has 0 atom stereocenters. The number of aromatic nitrogens is 3. The van der Waals surface area contributed by atoms with Gasteiger partial charge in [-0.25, -0.2) is 0 Å². The average Bonchev–Trinajstić information content (AvgIpc) is 2.16. The number of aryl methyl sites for hydroxylation is 1. The van der Waals surface area contributed by atoms with Crippen LogP contribution in [0.15, 0.2) is 12.3 Å². The zero-order chi connectivity index (χ0) is 8.81. The third-order valence-corrected chi connectivity index (χ3v) is 1.37. The highest BCUT2D eigenvalue weighted by Gasteiger charge is 2.01. The molecule has 0 amide bonds. The zero-order valence-corrected chi connectivity index (χ0v) is 6.73. The highest BCUT2D eigenvalue weighted by atomic mass is 16.5. The van der Waals surface area contributed by atoms with Gasteiger partial charge in [0.1, 0.15) is 0 Å². The molecule has 1 rings (SSSR count). The van der Waals surface area contributed by atoms with Gasteiger partial charge in [-0.3, -0.25) is 4.79 Å². The summed E-state index contributed by atoms with van der Waals surface area (Å²) in [5.74, 6) is -0.242. The predicted octanol–water partition coefficient (Wildman–Crippen LogP) is -0.0228. The van der Waals surface area contributed by atoms with Crippen molar-refractivity contribution < 1.29 is 9.53 Å². The molecule has 5 heteroatoms. The summed E-state index contributed by atoms with van der Waals surface area (Å²) in [6.07, 6.45) is 2.41. The average molecular weight is 167 g/mol. The van der Waals surface area contributed by atoms with Gasteiger partial charge in [-0.1, -0.05) is 0 Å². The Morgan fingerprint density at radius 1 is 1.67 bits per heavy atom. The first-order valence-electron chi connectivity index (χ1n) is 3.53. The van der Waals surface area contributed by atoms with Crippen LogP contribution in [0.3, 0.4) is 0 Å². The van der Waals surface area contributed by atoms with Crippen LogP contribution in [0.25, 0.3) is 0 Å². The standard InChI is InChI=1S/C7H9N3O2/c1-12-7(11)3-2-6-4-5-8-10-9-6/h4-5H,2-3H2,1H3. The van der Waals surface area contributed by atoms with E-state index in [2.05, 4.69) is 20.1 Å². The molecule has 1 heterocycles. The predicted molar refractivity (Wildman–Crippen MR) is 40.2 cm³/mol. The number of nitrogens with zero attached hydrogens (tertiary/aromatic N) is 3. The van der Waals surface area contributed by atoms with E-state index in [1.165, 1.54) is 7.11 Å². The van der Waals surface area contributed by atoms with Gasteiger partial charge < -0.3 is 4.74 Å². The number of hydrogen-bond acceptors (Lipinski definition) is 5. The first-order chi connectivity index (χ1) is 5.83. The molecule has 5 nitrogen and oxygen atoms in total. The van der Waals surface area contributed by atoms with Crippen molar-refractivity contribution >= 4 is 5.97 Å². The van der Waals surface area contributed by atoms with Crippen molar-refractivity contribution in [3.8, 4) is 0 Å². The monoisotopic (exact) mass is 167 g/mol. The van der Waals surface area contributed by atoms with E-state index in [1.54, 1.807) is 12.3 Å². The summed E-state index contributed by atoms with van der Waals surface area (Å²) in [6.45, 7) is 0. The molecule has 0 radical (unpaired) electrons. The summed E-state index contributed by atoms with van der Waals surface area (Å²) in [5, 5.41) is 10.7. The molecule has 0 unspecified atom stereocenters. The molecule has 0 fully saturated rings. The summed E-state index contributed by atoms with van der Waals surface area (Å²) in [7, 11) is 1.36. The van der Waals surface area contributed by atoms with Gasteiger partial charge in [0.15, 0.2) is 0 Å². The minimum atomic E-state index is -0.242. The Labute approximate surface area is 69.8 Å². The van der Waals surface area contributed by atoms with Crippen LogP contribution in [0.1, 0.15) is 12.1 Å². The Balaban J connectivity index is 2.38. The Kier molecular flexibility index (Phi) is 3.13. The van der Waals surface area contributed by atoms with Crippen LogP contribution >= 0.6 is 0 Å². The molecule has 0 bridgehead atoms. The Bertz CT molecular complexity index is 250. The molecule has 0 aliphatic carbocycles. The first-order valence-corrected chi connectivity index (χ1v) is 3.53. The number of esters is 1. The maximum atomic E-state index is 10.7. The molecule has 1 aromatic heterocycles. The van der Waals surface area contributed by atoms with Gasteiger partial charge >= 0.3 is 5.97 Å². The van der Waals surface area contributed by atoms with E-state index in [0.29, 0.717) is 12.8 Å². The van der Waals surface area contributed by atoms with E-state index in [-0.39, 0.29) is 5.97 Å². The van der Waals surface area contributed by atoms with Crippen molar-refractivity contribution in [3.05, 3.63) is 18.0 Å². The van der Waals surface area contributed by atoms with E-state index in [1.807, 2.05) is 0 Å². The van der Waals surface area contributed by atoms with E-state index in [9.17, 15) is 4.79 Å². The molecule has 0 spiro atoms. The summed E-state index contributed by atoms with van der Waals surface area (Å²) in [6, 6.07) is 1.72. The normalized spacial score (nSPS) is 9.42. The fourth-order valence-corrected chi connectivity index (χ4v) is 0.731. The molecule has 0 saturated carbocycles. The SMILES string of the molecule is COC(=O)CCc1ccnnn1. The third-order valence-electron chi connectivity index (χ3n) is 1.37. The molecule has 0 aliphatic rings. The second-order valence-electron chi connectivity index (χ2n) is 2.19. The topological polar surface area (TPSA) is 65.0 Å². The molecule has 12 heavy (non-hydrogen) atoms. The number of hydrogen-bond donors (Lipinski definition) is 0. The van der Waals surface area contributed by atoms with E-state index >= 15 is 0 Å². The molecule has 0 N–H and O–H groups in total. The molecule has 0 saturated heterocycles. The lowest BCUT2D eigenvalue weighted by Gasteiger charge is -1.96. The summed E-state index contributed by atoms with van der Waals surface area (Å²) in [4.78, 5) is 10.7. The lowest BCUT2D eigenvalue weighted by Crippen LogP contribution is -2.03. The van der Waals surface area contributed by atoms with Gasteiger partial charge in [0, 0.05) is 6.42 Å². The van der Waals surface area contributed by atoms with E-state index in [0.717, 1.165) is 5.69 Å². The van der Waals surface area contributed by atoms with Crippen molar-refractivity contribution in [2.24, 2.45) is 0 Å². The van der Waals surface area contributed by atoms with E-state index < -0.39 is 0 Å². The molecule has 1 aromatic rings. The Morgan fingerprint density at radius 3 is 3.08 bits per heavy atom. The molecule has 0 aromatic carbocycles. The van der Waals surface area contributed by atoms with Crippen molar-refractivity contribution in [1.82, 2.24) is 15.4 Å². The lowest BCUT2D eigenvalue weighted by molar-refractivity contribution is -0.140. The molecule has 0 aliphatic heterocycles. The van der Waals surface area contributed by atoms with Crippen molar-refractivity contribution in [2.45, 2.75) is 12.8 Å². The van der Waals surface area contributed by atoms with Gasteiger partial charge in [0.25, 0.3) is 0 Å². The van der Waals surface area contributed by atoms with Gasteiger partial charge in [-0.15, -0.1) is 10.2 Å². The van der Waals surface area contributed by atoms with Crippen molar-refractivity contribution in [3.63, 3.8) is 0 Å². The number of carbonyl (C=O) groups is 1. The number of methoxy groups -OCH3 is 1. The van der Waals surface area contributed by atoms with E-state index in [4.69, 9.17) is 0 Å². The van der Waals surface area contributed by atoms with Crippen LogP contribution in [0.2, 0.25) is 0 Å². The van der Waals surface area contributed by atoms with Crippen molar-refractivity contribution in [2.75, 3.05) is 7.11 Å². The van der Waals surface area contributed by atoms with Crippen LogP contribution < -0.4 is 0 Å². The molecular weight excluding hydrogens is 158 g/mol. The highest BCUT2D eigenvalue weighted by Crippen LogP contribution is 1.96. The Hall–Kier alpha value is -1.52. The molecule has 64 valence electrons. The van der Waals surface area contributed by atoms with Crippen LogP contribution in [-0.2, 0) is 16.0 Å². The largest absolute Gasteiger partial charge is 0.469 e. The minimum absolute atomic E-state index is 0.242. The number of carbonyl (C=O) groups excluding carboxylic acids is 1. The smallest absolute Gasteiger partial charge is 0.305 e. The van der Waals surface area contributed by atoms with Gasteiger partial charge in [0.05, 0.1) is 25.4 Å². The second-order valence-corrected chi connectivity index (χ2v) is 2.19. The lowest BCUT2D eigenvalue weighted by atomic mass is 10.2. The van der Waals surface area contributed by atoms with Crippen LogP contribution in [0, 0.1) is 0 Å². The van der Waals surface area contributed by atoms with Crippen molar-refractivity contribution in [1.29, 1.82) is 0 Å². The highest BCUT2D eigenvalue weighted by molar-refractivity contribution is 5.69. The molecular formula is C7H9N3O2. The fraction of sp³-hybridized carbons (Fsp3) is 0.429. The maximum Gasteiger partial charge on any atom is 0.305 e. The zero-order valence-electron chi connectivity index (χ0n) is 6.73. The van der Waals surface area contributed by atoms with Crippen LogP contribution in [-0.4, -0.2) is 28.5 Å². The Morgan fingerprint density at radius 2 is 2.50 bits per heavy atom. The quantitative estimate of drug-likeness (QED) is 0.592. The number of ether oxygens (including phenoxy) is 1. The fourth-order valence-electron chi connectivity index (χ4n) is 0.731. The van der Waals surface area contributed by atoms with Crippen LogP contribution in [0.5, 0.6) is 0 Å². The maximum absolute atomic E-state index is 10.7. The summed E-state index contributed by atoms with van der Waals surface area (Å²) in [5.41, 5.74) is 0.746. The first kappa shape index (κ1) is 8.58. The van der Waals surface area contributed by atoms with Gasteiger partial charge in [-0.2, -0.15) is 0 Å². The van der Waals surface area contributed by atoms with Crippen LogP contribution in [0.4, 0.5) is 0 Å². The summed E-state index contributed by atoms with van der Waals surface area (Å²) < 4.78 is 4.47. The minimum Gasteiger partial charge on any atom is -0.469 e. The second kappa shape index (κ2) is 4.38. The number of rotatable bonds is 3.